The molecular weight excluding hydrogens is 465 g/mol. The Morgan fingerprint density at radius 1 is 1.32 bits per heavy atom. The van der Waals surface area contributed by atoms with Crippen LogP contribution in [-0.2, 0) is 11.3 Å². The second-order valence-corrected chi connectivity index (χ2v) is 8.10. The standard InChI is InChI=1S/C21H20IN5O/c1-13(28)23-11-14-6-8-15(9-7-14)16-12-24-19(22)18(25-16)20-26-17-5-3-4-10-21(17,2)27-20/h3-9,12H,10-11H2,1-2H3,(H,23,28)(H,26,27). The highest BCUT2D eigenvalue weighted by molar-refractivity contribution is 14.1. The van der Waals surface area contributed by atoms with E-state index in [1.807, 2.05) is 24.3 Å². The van der Waals surface area contributed by atoms with E-state index in [0.29, 0.717) is 6.54 Å². The summed E-state index contributed by atoms with van der Waals surface area (Å²) < 4.78 is 0.811. The number of benzene rings is 1. The number of carbonyl (C=O) groups excluding carboxylic acids is 1. The Kier molecular flexibility index (Phi) is 5.01. The fourth-order valence-electron chi connectivity index (χ4n) is 3.23. The van der Waals surface area contributed by atoms with Crippen molar-refractivity contribution in [3.63, 3.8) is 0 Å². The van der Waals surface area contributed by atoms with Crippen LogP contribution in [0.3, 0.4) is 0 Å². The number of rotatable bonds is 4. The van der Waals surface area contributed by atoms with Gasteiger partial charge < -0.3 is 10.6 Å². The van der Waals surface area contributed by atoms with Crippen LogP contribution < -0.4 is 10.6 Å². The molecule has 1 amide bonds. The SMILES string of the molecule is CC(=O)NCc1ccc(-c2cnc(I)c(C3=NC4(C)CC=CC=C4N3)n2)cc1. The Morgan fingerprint density at radius 3 is 2.82 bits per heavy atom. The lowest BCUT2D eigenvalue weighted by atomic mass is 9.91. The molecular formula is C21H20IN5O. The normalized spacial score (nSPS) is 20.1. The molecule has 2 aliphatic rings. The van der Waals surface area contributed by atoms with Crippen molar-refractivity contribution >= 4 is 34.3 Å². The number of fused-ring (bicyclic) bond motifs is 1. The first-order valence-corrected chi connectivity index (χ1v) is 10.1. The largest absolute Gasteiger partial charge is 0.352 e. The first kappa shape index (κ1) is 18.8. The zero-order chi connectivity index (χ0) is 19.7. The summed E-state index contributed by atoms with van der Waals surface area (Å²) in [6, 6.07) is 7.97. The second-order valence-electron chi connectivity index (χ2n) is 7.07. The monoisotopic (exact) mass is 485 g/mol. The van der Waals surface area contributed by atoms with E-state index < -0.39 is 0 Å². The van der Waals surface area contributed by atoms with Gasteiger partial charge in [0.1, 0.15) is 14.9 Å². The van der Waals surface area contributed by atoms with E-state index in [2.05, 4.69) is 63.4 Å². The van der Waals surface area contributed by atoms with Gasteiger partial charge in [0, 0.05) is 24.7 Å². The van der Waals surface area contributed by atoms with Crippen LogP contribution in [0.25, 0.3) is 11.3 Å². The molecule has 1 aliphatic heterocycles. The number of aliphatic imine (C=N–C) groups is 1. The van der Waals surface area contributed by atoms with Crippen molar-refractivity contribution in [2.75, 3.05) is 0 Å². The number of aromatic nitrogens is 2. The molecule has 142 valence electrons. The summed E-state index contributed by atoms with van der Waals surface area (Å²) in [6.07, 6.45) is 8.90. The zero-order valence-electron chi connectivity index (χ0n) is 15.7. The van der Waals surface area contributed by atoms with E-state index in [1.165, 1.54) is 6.92 Å². The van der Waals surface area contributed by atoms with Crippen molar-refractivity contribution in [2.24, 2.45) is 4.99 Å². The zero-order valence-corrected chi connectivity index (χ0v) is 17.8. The number of allylic oxidation sites excluding steroid dienone is 2. The Morgan fingerprint density at radius 2 is 2.11 bits per heavy atom. The number of nitrogens with zero attached hydrogens (tertiary/aromatic N) is 3. The molecule has 0 saturated heterocycles. The molecule has 0 spiro atoms. The summed E-state index contributed by atoms with van der Waals surface area (Å²) >= 11 is 2.20. The summed E-state index contributed by atoms with van der Waals surface area (Å²) in [4.78, 5) is 25.3. The molecule has 1 aliphatic carbocycles. The topological polar surface area (TPSA) is 79.3 Å². The summed E-state index contributed by atoms with van der Waals surface area (Å²) in [5, 5.41) is 6.22. The summed E-state index contributed by atoms with van der Waals surface area (Å²) in [5.41, 5.74) is 4.40. The highest BCUT2D eigenvalue weighted by Gasteiger charge is 2.36. The van der Waals surface area contributed by atoms with Gasteiger partial charge in [-0.1, -0.05) is 36.4 Å². The van der Waals surface area contributed by atoms with Crippen molar-refractivity contribution in [3.8, 4) is 11.3 Å². The fourth-order valence-corrected chi connectivity index (χ4v) is 3.75. The number of amides is 1. The van der Waals surface area contributed by atoms with E-state index in [4.69, 9.17) is 9.98 Å². The van der Waals surface area contributed by atoms with Crippen molar-refractivity contribution in [3.05, 3.63) is 69.3 Å². The molecule has 4 rings (SSSR count). The van der Waals surface area contributed by atoms with Gasteiger partial charge >= 0.3 is 0 Å². The first-order chi connectivity index (χ1) is 13.4. The molecule has 0 radical (unpaired) electrons. The fraction of sp³-hybridized carbons (Fsp3) is 0.238. The number of hydrogen-bond donors (Lipinski definition) is 2. The Balaban J connectivity index is 1.62. The number of halogens is 1. The molecule has 1 aromatic carbocycles. The van der Waals surface area contributed by atoms with Gasteiger partial charge in [-0.15, -0.1) is 0 Å². The minimum Gasteiger partial charge on any atom is -0.352 e. The van der Waals surface area contributed by atoms with Gasteiger partial charge in [0.15, 0.2) is 5.84 Å². The van der Waals surface area contributed by atoms with Crippen molar-refractivity contribution in [1.82, 2.24) is 20.6 Å². The van der Waals surface area contributed by atoms with Gasteiger partial charge in [0.2, 0.25) is 5.91 Å². The third-order valence-corrected chi connectivity index (χ3v) is 5.64. The summed E-state index contributed by atoms with van der Waals surface area (Å²) in [5.74, 6) is 0.722. The Hall–Kier alpha value is -2.55. The summed E-state index contributed by atoms with van der Waals surface area (Å²) in [7, 11) is 0. The molecule has 1 atom stereocenters. The molecule has 0 saturated carbocycles. The molecule has 2 aromatic rings. The van der Waals surface area contributed by atoms with E-state index >= 15 is 0 Å². The number of carbonyl (C=O) groups is 1. The van der Waals surface area contributed by atoms with Crippen LogP contribution in [0.2, 0.25) is 0 Å². The third-order valence-electron chi connectivity index (χ3n) is 4.85. The van der Waals surface area contributed by atoms with Gasteiger partial charge in [-0.25, -0.2) is 9.97 Å². The predicted octanol–water partition coefficient (Wildman–Crippen LogP) is 3.34. The quantitative estimate of drug-likeness (QED) is 0.652. The molecule has 2 heterocycles. The maximum absolute atomic E-state index is 11.1. The van der Waals surface area contributed by atoms with Gasteiger partial charge in [-0.2, -0.15) is 0 Å². The molecule has 1 unspecified atom stereocenters. The van der Waals surface area contributed by atoms with Gasteiger partial charge in [0.25, 0.3) is 0 Å². The Bertz CT molecular complexity index is 1030. The molecule has 7 heteroatoms. The van der Waals surface area contributed by atoms with Crippen LogP contribution in [0.4, 0.5) is 0 Å². The highest BCUT2D eigenvalue weighted by atomic mass is 127. The maximum Gasteiger partial charge on any atom is 0.217 e. The lowest BCUT2D eigenvalue weighted by Gasteiger charge is -2.22. The van der Waals surface area contributed by atoms with Gasteiger partial charge in [-0.05, 0) is 47.6 Å². The molecule has 1 aromatic heterocycles. The molecule has 2 N–H and O–H groups in total. The van der Waals surface area contributed by atoms with Crippen LogP contribution in [0.5, 0.6) is 0 Å². The van der Waals surface area contributed by atoms with Gasteiger partial charge in [-0.3, -0.25) is 9.79 Å². The van der Waals surface area contributed by atoms with Gasteiger partial charge in [0.05, 0.1) is 11.9 Å². The minimum atomic E-state index is -0.254. The predicted molar refractivity (Wildman–Crippen MR) is 118 cm³/mol. The van der Waals surface area contributed by atoms with Crippen LogP contribution in [0.1, 0.15) is 31.5 Å². The highest BCUT2D eigenvalue weighted by Crippen LogP contribution is 2.33. The van der Waals surface area contributed by atoms with Crippen LogP contribution in [0, 0.1) is 3.70 Å². The average molecular weight is 485 g/mol. The average Bonchev–Trinajstić information content (AvgIpc) is 3.04. The summed E-state index contributed by atoms with van der Waals surface area (Å²) in [6.45, 7) is 4.15. The Labute approximate surface area is 177 Å². The molecule has 0 bridgehead atoms. The van der Waals surface area contributed by atoms with E-state index in [1.54, 1.807) is 6.20 Å². The lowest BCUT2D eigenvalue weighted by Crippen LogP contribution is -2.28. The smallest absolute Gasteiger partial charge is 0.217 e. The van der Waals surface area contributed by atoms with E-state index in [-0.39, 0.29) is 11.4 Å². The van der Waals surface area contributed by atoms with Crippen molar-refractivity contribution in [2.45, 2.75) is 32.4 Å². The lowest BCUT2D eigenvalue weighted by molar-refractivity contribution is -0.119. The number of hydrogen-bond acceptors (Lipinski definition) is 5. The number of amidine groups is 1. The third kappa shape index (κ3) is 3.71. The number of nitrogens with one attached hydrogen (secondary N) is 2. The minimum absolute atomic E-state index is 0.0402. The first-order valence-electron chi connectivity index (χ1n) is 9.05. The molecule has 6 nitrogen and oxygen atoms in total. The van der Waals surface area contributed by atoms with Crippen LogP contribution in [-0.4, -0.2) is 27.2 Å². The van der Waals surface area contributed by atoms with Crippen molar-refractivity contribution < 1.29 is 4.79 Å². The van der Waals surface area contributed by atoms with E-state index in [9.17, 15) is 4.79 Å². The van der Waals surface area contributed by atoms with Crippen LogP contribution >= 0.6 is 22.6 Å². The van der Waals surface area contributed by atoms with Crippen LogP contribution in [0.15, 0.2) is 59.4 Å². The maximum atomic E-state index is 11.1. The molecule has 28 heavy (non-hydrogen) atoms. The molecule has 0 fully saturated rings. The second kappa shape index (κ2) is 7.46. The van der Waals surface area contributed by atoms with E-state index in [0.717, 1.165) is 44.2 Å². The van der Waals surface area contributed by atoms with Crippen molar-refractivity contribution in [1.29, 1.82) is 0 Å².